The number of hydrogen-bond acceptors (Lipinski definition) is 2. The van der Waals surface area contributed by atoms with Crippen LogP contribution in [-0.4, -0.2) is 17.9 Å². The highest BCUT2D eigenvalue weighted by Gasteiger charge is 2.33. The van der Waals surface area contributed by atoms with Gasteiger partial charge in [-0.3, -0.25) is 4.79 Å². The third-order valence-electron chi connectivity index (χ3n) is 4.32. The Morgan fingerprint density at radius 2 is 2.00 bits per heavy atom. The topological polar surface area (TPSA) is 29.1 Å². The molecule has 16 heavy (non-hydrogen) atoms. The van der Waals surface area contributed by atoms with Gasteiger partial charge in [0.05, 0.1) is 6.04 Å². The summed E-state index contributed by atoms with van der Waals surface area (Å²) in [7, 11) is 0. The van der Waals surface area contributed by atoms with Gasteiger partial charge in [-0.25, -0.2) is 0 Å². The van der Waals surface area contributed by atoms with Gasteiger partial charge < -0.3 is 5.32 Å². The van der Waals surface area contributed by atoms with Crippen LogP contribution in [0.25, 0.3) is 0 Å². The number of fused-ring (bicyclic) bond motifs is 1. The predicted molar refractivity (Wildman–Crippen MR) is 66.4 cm³/mol. The fourth-order valence-corrected chi connectivity index (χ4v) is 3.27. The molecule has 0 aromatic heterocycles. The van der Waals surface area contributed by atoms with Gasteiger partial charge in [-0.05, 0) is 38.0 Å². The Hall–Kier alpha value is -0.370. The molecule has 2 nitrogen and oxygen atoms in total. The van der Waals surface area contributed by atoms with Gasteiger partial charge in [0, 0.05) is 12.5 Å². The molecule has 2 aliphatic rings. The van der Waals surface area contributed by atoms with Crippen molar-refractivity contribution in [2.75, 3.05) is 0 Å². The van der Waals surface area contributed by atoms with Crippen LogP contribution in [0.3, 0.4) is 0 Å². The Morgan fingerprint density at radius 1 is 1.19 bits per heavy atom. The smallest absolute Gasteiger partial charge is 0.149 e. The third kappa shape index (κ3) is 2.85. The van der Waals surface area contributed by atoms with E-state index in [2.05, 4.69) is 12.2 Å². The maximum atomic E-state index is 12.0. The number of rotatable bonds is 4. The summed E-state index contributed by atoms with van der Waals surface area (Å²) >= 11 is 0. The lowest BCUT2D eigenvalue weighted by Crippen LogP contribution is -2.51. The summed E-state index contributed by atoms with van der Waals surface area (Å²) in [5.74, 6) is 1.33. The van der Waals surface area contributed by atoms with Crippen LogP contribution in [0.15, 0.2) is 0 Å². The molecular formula is C14H25NO. The van der Waals surface area contributed by atoms with Crippen LogP contribution in [0.1, 0.15) is 64.7 Å². The number of nitrogens with one attached hydrogen (secondary N) is 1. The summed E-state index contributed by atoms with van der Waals surface area (Å²) in [6, 6.07) is 0.837. The van der Waals surface area contributed by atoms with Crippen LogP contribution >= 0.6 is 0 Å². The lowest BCUT2D eigenvalue weighted by atomic mass is 9.77. The molecular weight excluding hydrogens is 198 g/mol. The van der Waals surface area contributed by atoms with Crippen LogP contribution in [0.5, 0.6) is 0 Å². The Bertz CT molecular complexity index is 239. The molecule has 3 atom stereocenters. The van der Waals surface area contributed by atoms with E-state index in [1.54, 1.807) is 0 Å². The quantitative estimate of drug-likeness (QED) is 0.793. The summed E-state index contributed by atoms with van der Waals surface area (Å²) in [4.78, 5) is 12.0. The van der Waals surface area contributed by atoms with Crippen molar-refractivity contribution in [3.05, 3.63) is 0 Å². The van der Waals surface area contributed by atoms with E-state index < -0.39 is 0 Å². The molecule has 0 bridgehead atoms. The van der Waals surface area contributed by atoms with Gasteiger partial charge in [-0.15, -0.1) is 0 Å². The molecule has 1 aliphatic carbocycles. The van der Waals surface area contributed by atoms with E-state index >= 15 is 0 Å². The predicted octanol–water partition coefficient (Wildman–Crippen LogP) is 3.06. The summed E-state index contributed by atoms with van der Waals surface area (Å²) in [5.41, 5.74) is 0. The first-order chi connectivity index (χ1) is 7.81. The van der Waals surface area contributed by atoms with Crippen molar-refractivity contribution < 1.29 is 4.79 Å². The number of Topliss-reactive ketones (excluding diaryl/α,β-unsaturated/α-hetero) is 1. The molecule has 0 radical (unpaired) electrons. The fraction of sp³-hybridized carbons (Fsp3) is 0.929. The molecule has 2 fully saturated rings. The molecule has 0 spiro atoms. The maximum Gasteiger partial charge on any atom is 0.149 e. The van der Waals surface area contributed by atoms with Crippen LogP contribution in [-0.2, 0) is 4.79 Å². The highest BCUT2D eigenvalue weighted by atomic mass is 16.1. The highest BCUT2D eigenvalue weighted by molar-refractivity contribution is 5.84. The van der Waals surface area contributed by atoms with Gasteiger partial charge in [0.15, 0.2) is 0 Å². The van der Waals surface area contributed by atoms with E-state index in [9.17, 15) is 4.79 Å². The zero-order valence-electron chi connectivity index (χ0n) is 10.5. The van der Waals surface area contributed by atoms with Gasteiger partial charge in [-0.1, -0.05) is 26.2 Å². The molecule has 1 saturated carbocycles. The molecule has 3 unspecified atom stereocenters. The molecule has 92 valence electrons. The van der Waals surface area contributed by atoms with Crippen molar-refractivity contribution in [2.45, 2.75) is 76.8 Å². The molecule has 0 aromatic rings. The van der Waals surface area contributed by atoms with Crippen molar-refractivity contribution in [1.82, 2.24) is 5.32 Å². The number of hydrogen-bond donors (Lipinski definition) is 1. The van der Waals surface area contributed by atoms with Crippen molar-refractivity contribution >= 4 is 5.78 Å². The zero-order valence-corrected chi connectivity index (χ0v) is 10.5. The van der Waals surface area contributed by atoms with E-state index in [1.165, 1.54) is 32.1 Å². The van der Waals surface area contributed by atoms with E-state index in [0.29, 0.717) is 11.8 Å². The van der Waals surface area contributed by atoms with Crippen molar-refractivity contribution in [2.24, 2.45) is 5.92 Å². The Morgan fingerprint density at radius 3 is 2.81 bits per heavy atom. The Kier molecular flexibility index (Phi) is 4.39. The van der Waals surface area contributed by atoms with Gasteiger partial charge in [0.25, 0.3) is 0 Å². The summed E-state index contributed by atoms with van der Waals surface area (Å²) in [5, 5.41) is 3.61. The summed E-state index contributed by atoms with van der Waals surface area (Å²) < 4.78 is 0. The van der Waals surface area contributed by atoms with Crippen LogP contribution in [0.4, 0.5) is 0 Å². The van der Waals surface area contributed by atoms with Gasteiger partial charge in [0.1, 0.15) is 5.78 Å². The fourth-order valence-electron chi connectivity index (χ4n) is 3.27. The first kappa shape index (κ1) is 12.1. The molecule has 1 aliphatic heterocycles. The second-order valence-corrected chi connectivity index (χ2v) is 5.52. The number of ketones is 1. The lowest BCUT2D eigenvalue weighted by molar-refractivity contribution is -0.122. The van der Waals surface area contributed by atoms with E-state index in [-0.39, 0.29) is 6.04 Å². The van der Waals surface area contributed by atoms with Gasteiger partial charge in [0.2, 0.25) is 0 Å². The van der Waals surface area contributed by atoms with Gasteiger partial charge >= 0.3 is 0 Å². The molecule has 1 N–H and O–H groups in total. The normalized spacial score (nSPS) is 34.4. The minimum Gasteiger partial charge on any atom is -0.304 e. The number of carbonyl (C=O) groups is 1. The van der Waals surface area contributed by atoms with Crippen LogP contribution in [0, 0.1) is 5.92 Å². The summed E-state index contributed by atoms with van der Waals surface area (Å²) in [6.45, 7) is 2.15. The number of unbranched alkanes of at least 4 members (excludes halogenated alkanes) is 1. The standard InChI is InChI=1S/C14H25NO/c1-2-3-8-14(16)13-10-9-11-6-4-5-7-12(11)15-13/h11-13,15H,2-10H2,1H3. The second-order valence-electron chi connectivity index (χ2n) is 5.52. The highest BCUT2D eigenvalue weighted by Crippen LogP contribution is 2.32. The lowest BCUT2D eigenvalue weighted by Gasteiger charge is -2.40. The average molecular weight is 223 g/mol. The van der Waals surface area contributed by atoms with Crippen LogP contribution in [0.2, 0.25) is 0 Å². The molecule has 2 heteroatoms. The largest absolute Gasteiger partial charge is 0.304 e. The maximum absolute atomic E-state index is 12.0. The molecule has 0 amide bonds. The molecule has 1 heterocycles. The van der Waals surface area contributed by atoms with Crippen molar-refractivity contribution in [1.29, 1.82) is 0 Å². The molecule has 2 rings (SSSR count). The van der Waals surface area contributed by atoms with Crippen molar-refractivity contribution in [3.63, 3.8) is 0 Å². The number of carbonyl (C=O) groups excluding carboxylic acids is 1. The Balaban J connectivity index is 1.82. The number of piperidine rings is 1. The van der Waals surface area contributed by atoms with Crippen LogP contribution < -0.4 is 5.32 Å². The monoisotopic (exact) mass is 223 g/mol. The van der Waals surface area contributed by atoms with E-state index in [0.717, 1.165) is 31.6 Å². The molecule has 0 aromatic carbocycles. The third-order valence-corrected chi connectivity index (χ3v) is 4.32. The first-order valence-corrected chi connectivity index (χ1v) is 7.10. The first-order valence-electron chi connectivity index (χ1n) is 7.10. The van der Waals surface area contributed by atoms with E-state index in [4.69, 9.17) is 0 Å². The second kappa shape index (κ2) is 5.81. The van der Waals surface area contributed by atoms with Crippen molar-refractivity contribution in [3.8, 4) is 0 Å². The van der Waals surface area contributed by atoms with E-state index in [1.807, 2.05) is 0 Å². The molecule has 1 saturated heterocycles. The summed E-state index contributed by atoms with van der Waals surface area (Å²) in [6.07, 6.45) is 10.8. The zero-order chi connectivity index (χ0) is 11.4. The minimum absolute atomic E-state index is 0.186. The van der Waals surface area contributed by atoms with Gasteiger partial charge in [-0.2, -0.15) is 0 Å². The Labute approximate surface area is 99.2 Å². The average Bonchev–Trinajstić information content (AvgIpc) is 2.35. The SMILES string of the molecule is CCCCC(=O)C1CCC2CCCCC2N1. The minimum atomic E-state index is 0.186.